The predicted octanol–water partition coefficient (Wildman–Crippen LogP) is 1.45. The predicted molar refractivity (Wildman–Crippen MR) is 75.2 cm³/mol. The summed E-state index contributed by atoms with van der Waals surface area (Å²) in [6.07, 6.45) is 2.56. The van der Waals surface area contributed by atoms with Crippen LogP contribution >= 0.6 is 0 Å². The van der Waals surface area contributed by atoms with Gasteiger partial charge in [-0.15, -0.1) is 0 Å². The van der Waals surface area contributed by atoms with Crippen LogP contribution in [0.5, 0.6) is 0 Å². The van der Waals surface area contributed by atoms with Crippen LogP contribution in [0.4, 0.5) is 5.69 Å². The van der Waals surface area contributed by atoms with Crippen LogP contribution in [0.25, 0.3) is 0 Å². The van der Waals surface area contributed by atoms with Crippen molar-refractivity contribution in [1.82, 2.24) is 0 Å². The summed E-state index contributed by atoms with van der Waals surface area (Å²) < 4.78 is 0. The third-order valence-electron chi connectivity index (χ3n) is 3.42. The van der Waals surface area contributed by atoms with Gasteiger partial charge in [0.25, 0.3) is 0 Å². The molecule has 1 aromatic carbocycles. The molecule has 0 bridgehead atoms. The summed E-state index contributed by atoms with van der Waals surface area (Å²) in [6, 6.07) is 6.10. The Kier molecular flexibility index (Phi) is 4.32. The van der Waals surface area contributed by atoms with Gasteiger partial charge in [-0.2, -0.15) is 0 Å². The number of carbonyl (C=O) groups is 2. The SMILES string of the molecule is CC(=O)CCCN1C(=O)Cc2cc(CCN)ccc21. The lowest BCUT2D eigenvalue weighted by molar-refractivity contribution is -0.118. The zero-order valence-corrected chi connectivity index (χ0v) is 11.3. The van der Waals surface area contributed by atoms with Gasteiger partial charge in [0.2, 0.25) is 5.91 Å². The molecular formula is C15H20N2O2. The van der Waals surface area contributed by atoms with E-state index in [-0.39, 0.29) is 11.7 Å². The molecule has 0 atom stereocenters. The highest BCUT2D eigenvalue weighted by Gasteiger charge is 2.26. The van der Waals surface area contributed by atoms with Gasteiger partial charge in [0.15, 0.2) is 0 Å². The van der Waals surface area contributed by atoms with Crippen molar-refractivity contribution in [3.63, 3.8) is 0 Å². The molecule has 4 nitrogen and oxygen atoms in total. The molecule has 19 heavy (non-hydrogen) atoms. The molecule has 0 spiro atoms. The summed E-state index contributed by atoms with van der Waals surface area (Å²) in [4.78, 5) is 24.7. The smallest absolute Gasteiger partial charge is 0.231 e. The van der Waals surface area contributed by atoms with E-state index >= 15 is 0 Å². The molecule has 102 valence electrons. The number of nitrogens with two attached hydrogens (primary N) is 1. The summed E-state index contributed by atoms with van der Waals surface area (Å²) in [7, 11) is 0. The van der Waals surface area contributed by atoms with Crippen molar-refractivity contribution in [3.8, 4) is 0 Å². The molecule has 0 aromatic heterocycles. The molecule has 0 saturated heterocycles. The largest absolute Gasteiger partial charge is 0.330 e. The fourth-order valence-electron chi connectivity index (χ4n) is 2.49. The number of ketones is 1. The number of fused-ring (bicyclic) bond motifs is 1. The molecule has 0 unspecified atom stereocenters. The average molecular weight is 260 g/mol. The third-order valence-corrected chi connectivity index (χ3v) is 3.42. The second-order valence-corrected chi connectivity index (χ2v) is 5.03. The molecule has 4 heteroatoms. The van der Waals surface area contributed by atoms with Crippen LogP contribution in [0.3, 0.4) is 0 Å². The monoisotopic (exact) mass is 260 g/mol. The fraction of sp³-hybridized carbons (Fsp3) is 0.467. The number of Topliss-reactive ketones (excluding diaryl/α,β-unsaturated/α-hetero) is 1. The van der Waals surface area contributed by atoms with Gasteiger partial charge in [0.1, 0.15) is 5.78 Å². The molecular weight excluding hydrogens is 240 g/mol. The standard InChI is InChI=1S/C15H20N2O2/c1-11(18)3-2-8-17-14-5-4-12(6-7-16)9-13(14)10-15(17)19/h4-5,9H,2-3,6-8,10,16H2,1H3. The Bertz CT molecular complexity index is 497. The topological polar surface area (TPSA) is 63.4 Å². The highest BCUT2D eigenvalue weighted by Crippen LogP contribution is 2.30. The summed E-state index contributed by atoms with van der Waals surface area (Å²) >= 11 is 0. The normalized spacial score (nSPS) is 13.8. The lowest BCUT2D eigenvalue weighted by Crippen LogP contribution is -2.28. The number of nitrogens with zero attached hydrogens (tertiary/aromatic N) is 1. The van der Waals surface area contributed by atoms with E-state index in [9.17, 15) is 9.59 Å². The maximum Gasteiger partial charge on any atom is 0.231 e. The first-order valence-electron chi connectivity index (χ1n) is 6.73. The van der Waals surface area contributed by atoms with E-state index in [2.05, 4.69) is 6.07 Å². The summed E-state index contributed by atoms with van der Waals surface area (Å²) in [5, 5.41) is 0. The van der Waals surface area contributed by atoms with E-state index in [0.717, 1.165) is 24.1 Å². The minimum absolute atomic E-state index is 0.128. The Labute approximate surface area is 113 Å². The van der Waals surface area contributed by atoms with Crippen molar-refractivity contribution in [2.75, 3.05) is 18.0 Å². The number of carbonyl (C=O) groups excluding carboxylic acids is 2. The van der Waals surface area contributed by atoms with Crippen LogP contribution < -0.4 is 10.6 Å². The highest BCUT2D eigenvalue weighted by molar-refractivity contribution is 6.01. The molecule has 0 fully saturated rings. The van der Waals surface area contributed by atoms with Gasteiger partial charge in [-0.05, 0) is 43.5 Å². The first-order chi connectivity index (χ1) is 9.11. The summed E-state index contributed by atoms with van der Waals surface area (Å²) in [5.41, 5.74) is 8.80. The second kappa shape index (κ2) is 5.97. The minimum atomic E-state index is 0.128. The lowest BCUT2D eigenvalue weighted by atomic mass is 10.1. The number of rotatable bonds is 6. The number of hydrogen-bond acceptors (Lipinski definition) is 3. The molecule has 1 aromatic rings. The molecule has 0 radical (unpaired) electrons. The van der Waals surface area contributed by atoms with E-state index in [1.807, 2.05) is 12.1 Å². The van der Waals surface area contributed by atoms with Crippen LogP contribution in [-0.2, 0) is 22.4 Å². The van der Waals surface area contributed by atoms with Crippen LogP contribution in [0, 0.1) is 0 Å². The Balaban J connectivity index is 2.08. The number of amides is 1. The first kappa shape index (κ1) is 13.7. The van der Waals surface area contributed by atoms with Gasteiger partial charge in [-0.25, -0.2) is 0 Å². The molecule has 2 N–H and O–H groups in total. The van der Waals surface area contributed by atoms with E-state index in [4.69, 9.17) is 5.73 Å². The first-order valence-corrected chi connectivity index (χ1v) is 6.73. The lowest BCUT2D eigenvalue weighted by Gasteiger charge is -2.17. The van der Waals surface area contributed by atoms with E-state index in [0.29, 0.717) is 25.9 Å². The Hall–Kier alpha value is -1.68. The number of benzene rings is 1. The molecule has 1 aliphatic rings. The van der Waals surface area contributed by atoms with Gasteiger partial charge >= 0.3 is 0 Å². The van der Waals surface area contributed by atoms with Crippen molar-refractivity contribution < 1.29 is 9.59 Å². The Morgan fingerprint density at radius 2 is 2.21 bits per heavy atom. The van der Waals surface area contributed by atoms with Crippen LogP contribution in [0.1, 0.15) is 30.9 Å². The Morgan fingerprint density at radius 3 is 2.89 bits per heavy atom. The van der Waals surface area contributed by atoms with Gasteiger partial charge in [0, 0.05) is 18.7 Å². The van der Waals surface area contributed by atoms with Gasteiger partial charge in [-0.1, -0.05) is 12.1 Å². The van der Waals surface area contributed by atoms with Crippen molar-refractivity contribution in [1.29, 1.82) is 0 Å². The number of anilines is 1. The number of hydrogen-bond donors (Lipinski definition) is 1. The maximum absolute atomic E-state index is 12.0. The Morgan fingerprint density at radius 1 is 1.42 bits per heavy atom. The third kappa shape index (κ3) is 3.20. The van der Waals surface area contributed by atoms with Gasteiger partial charge in [0.05, 0.1) is 6.42 Å². The van der Waals surface area contributed by atoms with E-state index in [1.165, 1.54) is 5.56 Å². The molecule has 0 saturated carbocycles. The van der Waals surface area contributed by atoms with Crippen LogP contribution in [0.15, 0.2) is 18.2 Å². The maximum atomic E-state index is 12.0. The molecule has 1 heterocycles. The van der Waals surface area contributed by atoms with Crippen molar-refractivity contribution in [2.24, 2.45) is 5.73 Å². The van der Waals surface area contributed by atoms with Crippen LogP contribution in [-0.4, -0.2) is 24.8 Å². The zero-order chi connectivity index (χ0) is 13.8. The molecule has 0 aliphatic carbocycles. The average Bonchev–Trinajstić information content (AvgIpc) is 2.65. The fourth-order valence-corrected chi connectivity index (χ4v) is 2.49. The van der Waals surface area contributed by atoms with Crippen molar-refractivity contribution >= 4 is 17.4 Å². The quantitative estimate of drug-likeness (QED) is 0.842. The zero-order valence-electron chi connectivity index (χ0n) is 11.3. The molecule has 1 amide bonds. The molecule has 2 rings (SSSR count). The van der Waals surface area contributed by atoms with Crippen LogP contribution in [0.2, 0.25) is 0 Å². The van der Waals surface area contributed by atoms with Crippen molar-refractivity contribution in [3.05, 3.63) is 29.3 Å². The highest BCUT2D eigenvalue weighted by atomic mass is 16.2. The summed E-state index contributed by atoms with van der Waals surface area (Å²) in [6.45, 7) is 2.83. The van der Waals surface area contributed by atoms with Gasteiger partial charge in [-0.3, -0.25) is 4.79 Å². The van der Waals surface area contributed by atoms with Crippen molar-refractivity contribution in [2.45, 2.75) is 32.6 Å². The van der Waals surface area contributed by atoms with E-state index < -0.39 is 0 Å². The second-order valence-electron chi connectivity index (χ2n) is 5.03. The van der Waals surface area contributed by atoms with E-state index in [1.54, 1.807) is 11.8 Å². The molecule has 1 aliphatic heterocycles. The minimum Gasteiger partial charge on any atom is -0.330 e. The summed E-state index contributed by atoms with van der Waals surface area (Å²) in [5.74, 6) is 0.300. The van der Waals surface area contributed by atoms with Gasteiger partial charge < -0.3 is 15.4 Å².